The molecule has 4 aliphatic carbocycles. The second kappa shape index (κ2) is 6.23. The first-order valence-electron chi connectivity index (χ1n) is 7.85. The number of hydrogen-bond donors (Lipinski definition) is 0. The highest BCUT2D eigenvalue weighted by atomic mass is 35.5. The highest BCUT2D eigenvalue weighted by molar-refractivity contribution is 5.70. The van der Waals surface area contributed by atoms with Gasteiger partial charge in [0, 0.05) is 6.54 Å². The van der Waals surface area contributed by atoms with E-state index >= 15 is 0 Å². The Balaban J connectivity index is 0.00000147. The van der Waals surface area contributed by atoms with Crippen molar-refractivity contribution in [2.45, 2.75) is 44.9 Å². The first-order valence-corrected chi connectivity index (χ1v) is 7.85. The Morgan fingerprint density at radius 1 is 1.10 bits per heavy atom. The van der Waals surface area contributed by atoms with Crippen LogP contribution in [0.3, 0.4) is 0 Å². The summed E-state index contributed by atoms with van der Waals surface area (Å²) in [6.45, 7) is 1.37. The van der Waals surface area contributed by atoms with Gasteiger partial charge in [-0.1, -0.05) is 0 Å². The van der Waals surface area contributed by atoms with Crippen LogP contribution in [-0.4, -0.2) is 38.1 Å². The van der Waals surface area contributed by atoms with Gasteiger partial charge in [0.15, 0.2) is 0 Å². The van der Waals surface area contributed by atoms with Crippen molar-refractivity contribution in [3.8, 4) is 0 Å². The fraction of sp³-hybridized carbons (Fsp3) is 0.938. The Hall–Kier alpha value is -0.280. The van der Waals surface area contributed by atoms with Crippen molar-refractivity contribution < 1.29 is 21.9 Å². The van der Waals surface area contributed by atoms with Crippen molar-refractivity contribution in [2.75, 3.05) is 27.2 Å². The molecule has 4 heteroatoms. The van der Waals surface area contributed by atoms with Crippen LogP contribution in [0.1, 0.15) is 44.9 Å². The van der Waals surface area contributed by atoms with Crippen LogP contribution in [0.5, 0.6) is 0 Å². The molecule has 0 N–H and O–H groups in total. The van der Waals surface area contributed by atoms with E-state index in [0.717, 1.165) is 24.3 Å². The van der Waals surface area contributed by atoms with Gasteiger partial charge in [0.2, 0.25) is 0 Å². The molecule has 0 aliphatic heterocycles. The summed E-state index contributed by atoms with van der Waals surface area (Å²) in [5, 5.41) is 0. The van der Waals surface area contributed by atoms with Gasteiger partial charge in [-0.2, -0.15) is 0 Å². The predicted molar refractivity (Wildman–Crippen MR) is 74.7 cm³/mol. The highest BCUT2D eigenvalue weighted by Gasteiger charge is 2.51. The number of hydrogen-bond acceptors (Lipinski definition) is 3. The molecule has 4 aliphatic rings. The molecule has 0 aromatic heterocycles. The molecule has 4 bridgehead atoms. The first kappa shape index (κ1) is 16.1. The van der Waals surface area contributed by atoms with Gasteiger partial charge in [0.05, 0.1) is 6.42 Å². The van der Waals surface area contributed by atoms with Crippen LogP contribution in [0.15, 0.2) is 0 Å². The number of carbonyl (C=O) groups is 1. The lowest BCUT2D eigenvalue weighted by atomic mass is 9.49. The summed E-state index contributed by atoms with van der Waals surface area (Å²) in [7, 11) is 4.01. The van der Waals surface area contributed by atoms with E-state index < -0.39 is 0 Å². The standard InChI is InChI=1S/C16H27NO2.ClH/c1-17(2)3-4-19-15(18)11-16-8-12-5-13(9-16)7-14(6-12)10-16;/h12-14H,3-11H2,1-2H3;1H/p-1. The molecule has 0 heterocycles. The third kappa shape index (κ3) is 3.48. The van der Waals surface area contributed by atoms with Gasteiger partial charge < -0.3 is 22.0 Å². The van der Waals surface area contributed by atoms with Crippen LogP contribution in [0.25, 0.3) is 0 Å². The number of halogens is 1. The maximum absolute atomic E-state index is 12.1. The quantitative estimate of drug-likeness (QED) is 0.653. The largest absolute Gasteiger partial charge is 1.00 e. The summed E-state index contributed by atoms with van der Waals surface area (Å²) < 4.78 is 5.41. The lowest BCUT2D eigenvalue weighted by molar-refractivity contribution is -0.152. The molecule has 20 heavy (non-hydrogen) atoms. The summed E-state index contributed by atoms with van der Waals surface area (Å²) in [5.41, 5.74) is 0.323. The van der Waals surface area contributed by atoms with Crippen molar-refractivity contribution in [1.29, 1.82) is 0 Å². The molecule has 0 unspecified atom stereocenters. The Morgan fingerprint density at radius 2 is 1.60 bits per heavy atom. The molecule has 4 saturated carbocycles. The predicted octanol–water partition coefficient (Wildman–Crippen LogP) is -0.298. The summed E-state index contributed by atoms with van der Waals surface area (Å²) >= 11 is 0. The molecule has 0 atom stereocenters. The third-order valence-electron chi connectivity index (χ3n) is 5.49. The minimum absolute atomic E-state index is 0. The monoisotopic (exact) mass is 300 g/mol. The van der Waals surface area contributed by atoms with Gasteiger partial charge in [-0.3, -0.25) is 4.79 Å². The minimum Gasteiger partial charge on any atom is -1.00 e. The van der Waals surface area contributed by atoms with Gasteiger partial charge in [0.25, 0.3) is 0 Å². The van der Waals surface area contributed by atoms with Crippen LogP contribution in [0.2, 0.25) is 0 Å². The van der Waals surface area contributed by atoms with Crippen LogP contribution in [-0.2, 0) is 9.53 Å². The lowest BCUT2D eigenvalue weighted by Crippen LogP contribution is -3.00. The molecule has 0 amide bonds. The van der Waals surface area contributed by atoms with Crippen LogP contribution >= 0.6 is 0 Å². The zero-order valence-electron chi connectivity index (χ0n) is 12.7. The number of ether oxygens (including phenoxy) is 1. The molecule has 4 rings (SSSR count). The van der Waals surface area contributed by atoms with E-state index in [2.05, 4.69) is 4.90 Å². The van der Waals surface area contributed by atoms with E-state index in [4.69, 9.17) is 4.74 Å². The summed E-state index contributed by atoms with van der Waals surface area (Å²) in [6, 6.07) is 0. The Bertz CT molecular complexity index is 321. The number of rotatable bonds is 5. The van der Waals surface area contributed by atoms with Gasteiger partial charge in [0.1, 0.15) is 6.61 Å². The van der Waals surface area contributed by atoms with Gasteiger partial charge in [-0.05, 0) is 75.8 Å². The normalized spacial score (nSPS) is 37.9. The van der Waals surface area contributed by atoms with Crippen LogP contribution in [0.4, 0.5) is 0 Å². The Labute approximate surface area is 128 Å². The van der Waals surface area contributed by atoms with Crippen LogP contribution < -0.4 is 12.4 Å². The van der Waals surface area contributed by atoms with E-state index in [-0.39, 0.29) is 18.4 Å². The molecule has 0 aromatic carbocycles. The minimum atomic E-state index is 0. The summed E-state index contributed by atoms with van der Waals surface area (Å²) in [6.07, 6.45) is 8.88. The van der Waals surface area contributed by atoms with Gasteiger partial charge in [-0.25, -0.2) is 0 Å². The maximum Gasteiger partial charge on any atom is 0.306 e. The maximum atomic E-state index is 12.1. The van der Waals surface area contributed by atoms with E-state index in [1.807, 2.05) is 14.1 Å². The van der Waals surface area contributed by atoms with Crippen molar-refractivity contribution in [1.82, 2.24) is 4.90 Å². The number of nitrogens with zero attached hydrogens (tertiary/aromatic N) is 1. The van der Waals surface area contributed by atoms with Crippen molar-refractivity contribution >= 4 is 5.97 Å². The average molecular weight is 301 g/mol. The second-order valence-corrected chi connectivity index (χ2v) is 7.62. The summed E-state index contributed by atoms with van der Waals surface area (Å²) in [4.78, 5) is 14.1. The number of esters is 1. The highest BCUT2D eigenvalue weighted by Crippen LogP contribution is 2.61. The Kier molecular flexibility index (Phi) is 5.01. The SMILES string of the molecule is CN(C)CCOC(=O)CC12CC3CC(CC(C3)C1)C2.[Cl-]. The molecular weight excluding hydrogens is 274 g/mol. The van der Waals surface area contributed by atoms with Crippen molar-refractivity contribution in [3.63, 3.8) is 0 Å². The first-order chi connectivity index (χ1) is 9.05. The van der Waals surface area contributed by atoms with E-state index in [9.17, 15) is 4.79 Å². The molecule has 116 valence electrons. The molecule has 0 spiro atoms. The fourth-order valence-electron chi connectivity index (χ4n) is 5.21. The average Bonchev–Trinajstić information content (AvgIpc) is 2.25. The Morgan fingerprint density at radius 3 is 2.05 bits per heavy atom. The number of likely N-dealkylation sites (N-methyl/N-ethyl adjacent to an activating group) is 1. The molecule has 0 aromatic rings. The van der Waals surface area contributed by atoms with Gasteiger partial charge >= 0.3 is 5.97 Å². The lowest BCUT2D eigenvalue weighted by Gasteiger charge is -2.56. The molecule has 0 saturated heterocycles. The summed E-state index contributed by atoms with van der Waals surface area (Å²) in [5.74, 6) is 2.80. The zero-order chi connectivity index (χ0) is 13.5. The topological polar surface area (TPSA) is 29.5 Å². The molecule has 0 radical (unpaired) electrons. The smallest absolute Gasteiger partial charge is 0.306 e. The van der Waals surface area contributed by atoms with Crippen molar-refractivity contribution in [3.05, 3.63) is 0 Å². The third-order valence-corrected chi connectivity index (χ3v) is 5.49. The van der Waals surface area contributed by atoms with E-state index in [1.54, 1.807) is 0 Å². The molecular formula is C16H27ClNO2-. The number of carbonyl (C=O) groups excluding carboxylic acids is 1. The van der Waals surface area contributed by atoms with Crippen LogP contribution in [0, 0.1) is 23.2 Å². The zero-order valence-corrected chi connectivity index (χ0v) is 13.5. The van der Waals surface area contributed by atoms with Gasteiger partial charge in [-0.15, -0.1) is 0 Å². The fourth-order valence-corrected chi connectivity index (χ4v) is 5.21. The van der Waals surface area contributed by atoms with E-state index in [0.29, 0.717) is 18.4 Å². The van der Waals surface area contributed by atoms with Crippen molar-refractivity contribution in [2.24, 2.45) is 23.2 Å². The molecule has 3 nitrogen and oxygen atoms in total. The second-order valence-electron chi connectivity index (χ2n) is 7.62. The van der Waals surface area contributed by atoms with E-state index in [1.165, 1.54) is 38.5 Å². The molecule has 4 fully saturated rings.